The van der Waals surface area contributed by atoms with Crippen LogP contribution in [0.4, 0.5) is 0 Å². The summed E-state index contributed by atoms with van der Waals surface area (Å²) in [6, 6.07) is 15.6. The summed E-state index contributed by atoms with van der Waals surface area (Å²) in [7, 11) is 3.49. The highest BCUT2D eigenvalue weighted by Crippen LogP contribution is 2.32. The second kappa shape index (κ2) is 18.0. The van der Waals surface area contributed by atoms with Gasteiger partial charge in [0.25, 0.3) is 0 Å². The number of hydrogen-bond donors (Lipinski definition) is 2. The predicted octanol–water partition coefficient (Wildman–Crippen LogP) is 4.81. The van der Waals surface area contributed by atoms with Gasteiger partial charge >= 0.3 is 5.97 Å². The number of benzene rings is 2. The Labute approximate surface area is 276 Å². The number of allylic oxidation sites excluding steroid dienone is 1. The zero-order chi connectivity index (χ0) is 33.8. The minimum atomic E-state index is -0.409. The van der Waals surface area contributed by atoms with Crippen molar-refractivity contribution >= 4 is 28.9 Å². The molecule has 3 aliphatic heterocycles. The number of rotatable bonds is 8. The molecule has 0 bridgehead atoms. The summed E-state index contributed by atoms with van der Waals surface area (Å²) in [4.78, 5) is 45.3. The standard InChI is InChI=1S/C33H43N5O4.2C2H6/c1-22-20-25(33(41)42-4)10-11-26(22)31(23(2)39)32(24-8-6-5-7-9-24)35-29-13-12-28-27(34-29)14-15-38(28)30(40)21-37-18-16-36(3)17-19-37;2*1-2/h5-11,20,27-29,34-35H,12-19,21H2,1-4H3;2*1-2H3/b32-31+;;. The van der Waals surface area contributed by atoms with Gasteiger partial charge in [-0.15, -0.1) is 0 Å². The van der Waals surface area contributed by atoms with Gasteiger partial charge in [-0.05, 0) is 69.0 Å². The molecule has 0 aliphatic carbocycles. The Bertz CT molecular complexity index is 1340. The quantitative estimate of drug-likeness (QED) is 0.243. The number of piperazine rings is 1. The Morgan fingerprint density at radius 2 is 1.57 bits per heavy atom. The zero-order valence-corrected chi connectivity index (χ0v) is 29.2. The second-order valence-electron chi connectivity index (χ2n) is 11.8. The molecule has 5 rings (SSSR count). The molecule has 0 spiro atoms. The Morgan fingerprint density at radius 3 is 2.17 bits per heavy atom. The largest absolute Gasteiger partial charge is 0.465 e. The number of likely N-dealkylation sites (N-methyl/N-ethyl adjacent to an activating group) is 1. The molecule has 2 aromatic rings. The van der Waals surface area contributed by atoms with Gasteiger partial charge in [-0.3, -0.25) is 19.8 Å². The van der Waals surface area contributed by atoms with Crippen molar-refractivity contribution in [2.24, 2.45) is 0 Å². The highest BCUT2D eigenvalue weighted by Gasteiger charge is 2.41. The summed E-state index contributed by atoms with van der Waals surface area (Å²) >= 11 is 0. The number of aryl methyl sites for hydroxylation is 1. The molecule has 3 saturated heterocycles. The van der Waals surface area contributed by atoms with Gasteiger partial charge in [0, 0.05) is 50.4 Å². The predicted molar refractivity (Wildman–Crippen MR) is 186 cm³/mol. The fraction of sp³-hybridized carbons (Fsp3) is 0.541. The normalized spacial score (nSPS) is 21.8. The van der Waals surface area contributed by atoms with Crippen LogP contribution in [-0.4, -0.2) is 104 Å². The van der Waals surface area contributed by atoms with E-state index in [2.05, 4.69) is 32.4 Å². The van der Waals surface area contributed by atoms with E-state index in [1.54, 1.807) is 19.1 Å². The first-order valence-electron chi connectivity index (χ1n) is 17.0. The number of piperidine rings is 1. The summed E-state index contributed by atoms with van der Waals surface area (Å²) in [6.45, 7) is 16.6. The van der Waals surface area contributed by atoms with Crippen molar-refractivity contribution in [2.45, 2.75) is 79.1 Å². The third-order valence-corrected chi connectivity index (χ3v) is 8.89. The topological polar surface area (TPSA) is 94.2 Å². The van der Waals surface area contributed by atoms with Crippen LogP contribution >= 0.6 is 0 Å². The third kappa shape index (κ3) is 9.05. The van der Waals surface area contributed by atoms with Crippen LogP contribution in [0.2, 0.25) is 0 Å². The Balaban J connectivity index is 0.00000139. The van der Waals surface area contributed by atoms with E-state index in [0.29, 0.717) is 17.7 Å². The molecule has 252 valence electrons. The number of ketones is 1. The smallest absolute Gasteiger partial charge is 0.337 e. The summed E-state index contributed by atoms with van der Waals surface area (Å²) in [5, 5.41) is 7.46. The number of nitrogens with one attached hydrogen (secondary N) is 2. The fourth-order valence-corrected chi connectivity index (χ4v) is 6.56. The molecule has 2 N–H and O–H groups in total. The molecule has 1 amide bonds. The van der Waals surface area contributed by atoms with Crippen molar-refractivity contribution in [1.29, 1.82) is 0 Å². The van der Waals surface area contributed by atoms with E-state index in [0.717, 1.165) is 74.4 Å². The first kappa shape index (κ1) is 36.9. The average Bonchev–Trinajstić information content (AvgIpc) is 3.51. The van der Waals surface area contributed by atoms with Crippen LogP contribution in [0.3, 0.4) is 0 Å². The number of fused-ring (bicyclic) bond motifs is 1. The number of likely N-dealkylation sites (tertiary alicyclic amines) is 1. The summed E-state index contributed by atoms with van der Waals surface area (Å²) in [5.74, 6) is -0.242. The van der Waals surface area contributed by atoms with Crippen molar-refractivity contribution in [2.75, 3.05) is 53.4 Å². The number of ether oxygens (including phenoxy) is 1. The monoisotopic (exact) mass is 633 g/mol. The molecule has 2 aromatic carbocycles. The SMILES string of the molecule is CC.CC.COC(=O)c1ccc(/C(C(C)=O)=C(/NC2CCC3C(CCN3C(=O)CN3CCN(C)CC3)N2)c2ccccc2)c(C)c1. The molecule has 0 aromatic heterocycles. The lowest BCUT2D eigenvalue weighted by Gasteiger charge is -2.39. The maximum Gasteiger partial charge on any atom is 0.337 e. The maximum atomic E-state index is 13.3. The van der Waals surface area contributed by atoms with Gasteiger partial charge in [-0.2, -0.15) is 0 Å². The van der Waals surface area contributed by atoms with Crippen LogP contribution in [-0.2, 0) is 14.3 Å². The Hall–Kier alpha value is -3.53. The third-order valence-electron chi connectivity index (χ3n) is 8.89. The van der Waals surface area contributed by atoms with E-state index in [1.165, 1.54) is 7.11 Å². The molecule has 3 fully saturated rings. The van der Waals surface area contributed by atoms with Gasteiger partial charge in [0.15, 0.2) is 5.78 Å². The lowest BCUT2D eigenvalue weighted by Crippen LogP contribution is -2.57. The lowest BCUT2D eigenvalue weighted by atomic mass is 9.91. The number of Topliss-reactive ketones (excluding diaryl/α,β-unsaturated/α-hetero) is 1. The van der Waals surface area contributed by atoms with Crippen LogP contribution in [0.5, 0.6) is 0 Å². The minimum absolute atomic E-state index is 0.0573. The van der Waals surface area contributed by atoms with Crippen LogP contribution in [0, 0.1) is 6.92 Å². The fourth-order valence-electron chi connectivity index (χ4n) is 6.56. The Morgan fingerprint density at radius 1 is 0.891 bits per heavy atom. The number of nitrogens with zero attached hydrogens (tertiary/aromatic N) is 3. The summed E-state index contributed by atoms with van der Waals surface area (Å²) < 4.78 is 4.89. The molecular weight excluding hydrogens is 578 g/mol. The second-order valence-corrected chi connectivity index (χ2v) is 11.8. The van der Waals surface area contributed by atoms with Crippen LogP contribution in [0.15, 0.2) is 48.5 Å². The molecular formula is C37H55N5O4. The van der Waals surface area contributed by atoms with Gasteiger partial charge in [0.2, 0.25) is 5.91 Å². The van der Waals surface area contributed by atoms with Crippen molar-refractivity contribution in [3.05, 3.63) is 70.8 Å². The van der Waals surface area contributed by atoms with Crippen LogP contribution < -0.4 is 10.6 Å². The number of carbonyl (C=O) groups is 3. The van der Waals surface area contributed by atoms with Crippen molar-refractivity contribution in [3.63, 3.8) is 0 Å². The van der Waals surface area contributed by atoms with Crippen molar-refractivity contribution < 1.29 is 19.1 Å². The summed E-state index contributed by atoms with van der Waals surface area (Å²) in [6.07, 6.45) is 2.57. The van der Waals surface area contributed by atoms with Crippen molar-refractivity contribution in [3.8, 4) is 0 Å². The van der Waals surface area contributed by atoms with E-state index in [1.807, 2.05) is 71.0 Å². The average molecular weight is 634 g/mol. The molecule has 0 radical (unpaired) electrons. The first-order chi connectivity index (χ1) is 22.2. The number of amides is 1. The summed E-state index contributed by atoms with van der Waals surface area (Å²) in [5.41, 5.74) is 4.29. The van der Waals surface area contributed by atoms with Crippen LogP contribution in [0.1, 0.15) is 80.9 Å². The van der Waals surface area contributed by atoms with Gasteiger partial charge in [-0.1, -0.05) is 64.1 Å². The van der Waals surface area contributed by atoms with Gasteiger partial charge < -0.3 is 19.9 Å². The number of methoxy groups -OCH3 is 1. The molecule has 3 heterocycles. The molecule has 0 saturated carbocycles. The molecule has 46 heavy (non-hydrogen) atoms. The van der Waals surface area contributed by atoms with Gasteiger partial charge in [0.1, 0.15) is 0 Å². The van der Waals surface area contributed by atoms with E-state index in [-0.39, 0.29) is 29.9 Å². The van der Waals surface area contributed by atoms with Gasteiger partial charge in [0.05, 0.1) is 31.1 Å². The van der Waals surface area contributed by atoms with Crippen LogP contribution in [0.25, 0.3) is 11.3 Å². The van der Waals surface area contributed by atoms with Crippen molar-refractivity contribution in [1.82, 2.24) is 25.3 Å². The zero-order valence-electron chi connectivity index (χ0n) is 29.2. The lowest BCUT2D eigenvalue weighted by molar-refractivity contribution is -0.134. The highest BCUT2D eigenvalue weighted by molar-refractivity contribution is 6.27. The molecule has 9 nitrogen and oxygen atoms in total. The highest BCUT2D eigenvalue weighted by atomic mass is 16.5. The number of hydrogen-bond acceptors (Lipinski definition) is 8. The Kier molecular flexibility index (Phi) is 14.4. The van der Waals surface area contributed by atoms with Gasteiger partial charge in [-0.25, -0.2) is 4.79 Å². The molecule has 9 heteroatoms. The van der Waals surface area contributed by atoms with E-state index < -0.39 is 5.97 Å². The van der Waals surface area contributed by atoms with E-state index >= 15 is 0 Å². The molecule has 3 atom stereocenters. The van der Waals surface area contributed by atoms with E-state index in [4.69, 9.17) is 4.74 Å². The molecule has 3 unspecified atom stereocenters. The number of esters is 1. The first-order valence-corrected chi connectivity index (χ1v) is 17.0. The maximum absolute atomic E-state index is 13.3. The van der Waals surface area contributed by atoms with E-state index in [9.17, 15) is 14.4 Å². The minimum Gasteiger partial charge on any atom is -0.465 e. The number of carbonyl (C=O) groups excluding carboxylic acids is 3. The molecule has 3 aliphatic rings.